The first-order chi connectivity index (χ1) is 9.61. The number of halogens is 1. The molecule has 0 amide bonds. The van der Waals surface area contributed by atoms with E-state index in [9.17, 15) is 5.11 Å². The van der Waals surface area contributed by atoms with Crippen molar-refractivity contribution in [1.82, 2.24) is 10.3 Å². The molecule has 5 heteroatoms. The first kappa shape index (κ1) is 15.4. The standard InChI is InChI=1S/C15H19ClN2OS/c1-3-11-8-18-15(20-11)10(2)17-9-14(19)12-6-4-5-7-13(12)16/h4-8,10,14,17,19H,3,9H2,1-2H3. The third-order valence-electron chi connectivity index (χ3n) is 3.17. The van der Waals surface area contributed by atoms with Gasteiger partial charge < -0.3 is 10.4 Å². The Morgan fingerprint density at radius 1 is 1.40 bits per heavy atom. The molecule has 0 saturated heterocycles. The van der Waals surface area contributed by atoms with E-state index < -0.39 is 6.10 Å². The molecule has 1 heterocycles. The number of aliphatic hydroxyl groups is 1. The van der Waals surface area contributed by atoms with Crippen LogP contribution in [0.1, 0.15) is 41.4 Å². The van der Waals surface area contributed by atoms with Crippen LogP contribution in [0.15, 0.2) is 30.5 Å². The zero-order valence-electron chi connectivity index (χ0n) is 11.6. The molecule has 1 aromatic heterocycles. The summed E-state index contributed by atoms with van der Waals surface area (Å²) in [4.78, 5) is 5.68. The highest BCUT2D eigenvalue weighted by Crippen LogP contribution is 2.24. The lowest BCUT2D eigenvalue weighted by Crippen LogP contribution is -2.24. The van der Waals surface area contributed by atoms with E-state index in [-0.39, 0.29) is 6.04 Å². The van der Waals surface area contributed by atoms with E-state index in [1.54, 1.807) is 17.4 Å². The predicted octanol–water partition coefficient (Wildman–Crippen LogP) is 3.74. The van der Waals surface area contributed by atoms with Crippen LogP contribution in [0.5, 0.6) is 0 Å². The maximum atomic E-state index is 10.2. The fraction of sp³-hybridized carbons (Fsp3) is 0.400. The number of nitrogens with one attached hydrogen (secondary N) is 1. The maximum absolute atomic E-state index is 10.2. The molecule has 0 radical (unpaired) electrons. The van der Waals surface area contributed by atoms with Gasteiger partial charge in [-0.25, -0.2) is 4.98 Å². The van der Waals surface area contributed by atoms with Gasteiger partial charge in [0.2, 0.25) is 0 Å². The largest absolute Gasteiger partial charge is 0.387 e. The first-order valence-electron chi connectivity index (χ1n) is 6.72. The Hall–Kier alpha value is -0.940. The predicted molar refractivity (Wildman–Crippen MR) is 84.3 cm³/mol. The van der Waals surface area contributed by atoms with Crippen molar-refractivity contribution in [2.75, 3.05) is 6.54 Å². The normalized spacial score (nSPS) is 14.2. The SMILES string of the molecule is CCc1cnc(C(C)NCC(O)c2ccccc2Cl)s1. The van der Waals surface area contributed by atoms with Gasteiger partial charge in [-0.2, -0.15) is 0 Å². The van der Waals surface area contributed by atoms with Crippen LogP contribution in [0.2, 0.25) is 5.02 Å². The maximum Gasteiger partial charge on any atom is 0.109 e. The van der Waals surface area contributed by atoms with Gasteiger partial charge in [0.1, 0.15) is 5.01 Å². The fourth-order valence-electron chi connectivity index (χ4n) is 1.92. The van der Waals surface area contributed by atoms with Crippen LogP contribution in [0, 0.1) is 0 Å². The number of aromatic nitrogens is 1. The van der Waals surface area contributed by atoms with E-state index in [2.05, 4.69) is 24.1 Å². The molecule has 2 unspecified atom stereocenters. The molecule has 20 heavy (non-hydrogen) atoms. The summed E-state index contributed by atoms with van der Waals surface area (Å²) in [5.74, 6) is 0. The molecule has 0 fully saturated rings. The number of benzene rings is 1. The minimum atomic E-state index is -0.614. The molecule has 108 valence electrons. The Kier molecular flexibility index (Phi) is 5.54. The molecule has 3 nitrogen and oxygen atoms in total. The molecule has 0 aliphatic rings. The molecule has 2 aromatic rings. The number of rotatable bonds is 6. The lowest BCUT2D eigenvalue weighted by Gasteiger charge is -2.16. The van der Waals surface area contributed by atoms with Crippen LogP contribution in [0.4, 0.5) is 0 Å². The van der Waals surface area contributed by atoms with Crippen LogP contribution >= 0.6 is 22.9 Å². The fourth-order valence-corrected chi connectivity index (χ4v) is 3.06. The Morgan fingerprint density at radius 2 is 2.15 bits per heavy atom. The molecule has 0 aliphatic heterocycles. The second-order valence-electron chi connectivity index (χ2n) is 4.69. The molecular weight excluding hydrogens is 292 g/mol. The Balaban J connectivity index is 1.93. The van der Waals surface area contributed by atoms with Gasteiger partial charge in [-0.05, 0) is 19.4 Å². The summed E-state index contributed by atoms with van der Waals surface area (Å²) >= 11 is 7.79. The Bertz CT molecular complexity index is 558. The van der Waals surface area contributed by atoms with Crippen molar-refractivity contribution in [1.29, 1.82) is 0 Å². The van der Waals surface area contributed by atoms with Crippen LogP contribution in [0.25, 0.3) is 0 Å². The highest BCUT2D eigenvalue weighted by Gasteiger charge is 2.14. The summed E-state index contributed by atoms with van der Waals surface area (Å²) in [6, 6.07) is 7.49. The summed E-state index contributed by atoms with van der Waals surface area (Å²) < 4.78 is 0. The molecule has 0 bridgehead atoms. The monoisotopic (exact) mass is 310 g/mol. The highest BCUT2D eigenvalue weighted by molar-refractivity contribution is 7.11. The average Bonchev–Trinajstić information content (AvgIpc) is 2.94. The van der Waals surface area contributed by atoms with Crippen molar-refractivity contribution in [2.45, 2.75) is 32.4 Å². The number of hydrogen-bond acceptors (Lipinski definition) is 4. The first-order valence-corrected chi connectivity index (χ1v) is 7.91. The minimum Gasteiger partial charge on any atom is -0.387 e. The van der Waals surface area contributed by atoms with E-state index in [1.807, 2.05) is 24.4 Å². The molecule has 2 N–H and O–H groups in total. The zero-order valence-corrected chi connectivity index (χ0v) is 13.2. The van der Waals surface area contributed by atoms with Crippen molar-refractivity contribution in [3.05, 3.63) is 50.9 Å². The quantitative estimate of drug-likeness (QED) is 0.854. The van der Waals surface area contributed by atoms with Gasteiger partial charge >= 0.3 is 0 Å². The van der Waals surface area contributed by atoms with Crippen molar-refractivity contribution in [3.63, 3.8) is 0 Å². The number of nitrogens with zero attached hydrogens (tertiary/aromatic N) is 1. The van der Waals surface area contributed by atoms with Crippen molar-refractivity contribution < 1.29 is 5.11 Å². The number of thiazole rings is 1. The van der Waals surface area contributed by atoms with E-state index in [0.717, 1.165) is 17.0 Å². The number of aryl methyl sites for hydroxylation is 1. The lowest BCUT2D eigenvalue weighted by molar-refractivity contribution is 0.171. The van der Waals surface area contributed by atoms with E-state index in [0.29, 0.717) is 11.6 Å². The van der Waals surface area contributed by atoms with Crippen LogP contribution in [-0.4, -0.2) is 16.6 Å². The van der Waals surface area contributed by atoms with Gasteiger partial charge in [0, 0.05) is 28.2 Å². The van der Waals surface area contributed by atoms with Gasteiger partial charge in [-0.15, -0.1) is 11.3 Å². The molecule has 2 atom stereocenters. The van der Waals surface area contributed by atoms with Gasteiger partial charge in [0.15, 0.2) is 0 Å². The minimum absolute atomic E-state index is 0.123. The van der Waals surface area contributed by atoms with Gasteiger partial charge in [-0.1, -0.05) is 36.7 Å². The lowest BCUT2D eigenvalue weighted by atomic mass is 10.1. The third-order valence-corrected chi connectivity index (χ3v) is 4.84. The molecule has 0 saturated carbocycles. The summed E-state index contributed by atoms with van der Waals surface area (Å²) in [5.41, 5.74) is 0.752. The molecular formula is C15H19ClN2OS. The van der Waals surface area contributed by atoms with Gasteiger partial charge in [0.05, 0.1) is 12.1 Å². The molecule has 1 aromatic carbocycles. The van der Waals surface area contributed by atoms with Crippen molar-refractivity contribution >= 4 is 22.9 Å². The van der Waals surface area contributed by atoms with Gasteiger partial charge in [0.25, 0.3) is 0 Å². The molecule has 0 aliphatic carbocycles. The topological polar surface area (TPSA) is 45.2 Å². The number of aliphatic hydroxyl groups excluding tert-OH is 1. The summed E-state index contributed by atoms with van der Waals surface area (Å²) in [6.07, 6.45) is 2.31. The van der Waals surface area contributed by atoms with Gasteiger partial charge in [-0.3, -0.25) is 0 Å². The number of hydrogen-bond donors (Lipinski definition) is 2. The van der Waals surface area contributed by atoms with Crippen LogP contribution < -0.4 is 5.32 Å². The third kappa shape index (κ3) is 3.79. The zero-order chi connectivity index (χ0) is 14.5. The smallest absolute Gasteiger partial charge is 0.109 e. The highest BCUT2D eigenvalue weighted by atomic mass is 35.5. The van der Waals surface area contributed by atoms with Crippen molar-refractivity contribution in [2.24, 2.45) is 0 Å². The van der Waals surface area contributed by atoms with E-state index in [4.69, 9.17) is 11.6 Å². The Morgan fingerprint density at radius 3 is 2.80 bits per heavy atom. The molecule has 0 spiro atoms. The van der Waals surface area contributed by atoms with E-state index in [1.165, 1.54) is 4.88 Å². The van der Waals surface area contributed by atoms with E-state index >= 15 is 0 Å². The second kappa shape index (κ2) is 7.18. The second-order valence-corrected chi connectivity index (χ2v) is 6.24. The summed E-state index contributed by atoms with van der Waals surface area (Å²) in [5, 5.41) is 15.1. The van der Waals surface area contributed by atoms with Crippen LogP contribution in [0.3, 0.4) is 0 Å². The summed E-state index contributed by atoms with van der Waals surface area (Å²) in [6.45, 7) is 4.63. The molecule has 2 rings (SSSR count). The average molecular weight is 311 g/mol. The van der Waals surface area contributed by atoms with Crippen LogP contribution in [-0.2, 0) is 6.42 Å². The summed E-state index contributed by atoms with van der Waals surface area (Å²) in [7, 11) is 0. The van der Waals surface area contributed by atoms with Crippen molar-refractivity contribution in [3.8, 4) is 0 Å². The Labute approximate surface area is 128 Å².